The van der Waals surface area contributed by atoms with Crippen molar-refractivity contribution in [1.82, 2.24) is 10.2 Å². The number of piperidine rings is 1. The summed E-state index contributed by atoms with van der Waals surface area (Å²) < 4.78 is 0. The van der Waals surface area contributed by atoms with E-state index in [2.05, 4.69) is 28.4 Å². The van der Waals surface area contributed by atoms with Crippen LogP contribution in [0.15, 0.2) is 24.3 Å². The Labute approximate surface area is 125 Å². The van der Waals surface area contributed by atoms with E-state index in [0.29, 0.717) is 0 Å². The van der Waals surface area contributed by atoms with Gasteiger partial charge >= 0.3 is 0 Å². The van der Waals surface area contributed by atoms with E-state index >= 15 is 0 Å². The van der Waals surface area contributed by atoms with Gasteiger partial charge in [-0.25, -0.2) is 0 Å². The molecule has 2 N–H and O–H groups in total. The van der Waals surface area contributed by atoms with E-state index in [4.69, 9.17) is 0 Å². The monoisotopic (exact) mass is 286 g/mol. The number of amides is 1. The minimum atomic E-state index is -0.216. The molecule has 4 nitrogen and oxygen atoms in total. The fourth-order valence-electron chi connectivity index (χ4n) is 4.32. The first-order valence-corrected chi connectivity index (χ1v) is 8.03. The molecule has 3 aliphatic rings. The van der Waals surface area contributed by atoms with E-state index in [1.54, 1.807) is 0 Å². The SMILES string of the molecule is O=C([C@@H]1Cc2ccccc2CN1)N1C2CCC1CC(O)C2. The van der Waals surface area contributed by atoms with Crippen LogP contribution in [0.1, 0.15) is 36.8 Å². The van der Waals surface area contributed by atoms with Crippen LogP contribution >= 0.6 is 0 Å². The van der Waals surface area contributed by atoms with Crippen LogP contribution in [-0.2, 0) is 17.8 Å². The van der Waals surface area contributed by atoms with Gasteiger partial charge < -0.3 is 15.3 Å². The lowest BCUT2D eigenvalue weighted by Crippen LogP contribution is -2.56. The fourth-order valence-corrected chi connectivity index (χ4v) is 4.32. The van der Waals surface area contributed by atoms with Crippen LogP contribution in [-0.4, -0.2) is 40.1 Å². The molecule has 1 aromatic rings. The van der Waals surface area contributed by atoms with Gasteiger partial charge in [-0.3, -0.25) is 4.79 Å². The molecule has 0 aliphatic carbocycles. The molecular weight excluding hydrogens is 264 g/mol. The summed E-state index contributed by atoms with van der Waals surface area (Å²) in [6.45, 7) is 0.776. The molecule has 0 aromatic heterocycles. The van der Waals surface area contributed by atoms with E-state index in [0.717, 1.165) is 38.6 Å². The molecule has 2 fully saturated rings. The Bertz CT molecular complexity index is 545. The number of rotatable bonds is 1. The Morgan fingerprint density at radius 1 is 1.14 bits per heavy atom. The van der Waals surface area contributed by atoms with Gasteiger partial charge in [0.15, 0.2) is 0 Å². The molecule has 4 heteroatoms. The van der Waals surface area contributed by atoms with Crippen molar-refractivity contribution in [2.24, 2.45) is 0 Å². The molecule has 112 valence electrons. The zero-order valence-electron chi connectivity index (χ0n) is 12.2. The zero-order chi connectivity index (χ0) is 14.4. The minimum Gasteiger partial charge on any atom is -0.393 e. The minimum absolute atomic E-state index is 0.0988. The summed E-state index contributed by atoms with van der Waals surface area (Å²) in [6, 6.07) is 8.77. The van der Waals surface area contributed by atoms with Gasteiger partial charge in [0, 0.05) is 18.6 Å². The van der Waals surface area contributed by atoms with Crippen LogP contribution in [0, 0.1) is 0 Å². The number of nitrogens with one attached hydrogen (secondary N) is 1. The van der Waals surface area contributed by atoms with Gasteiger partial charge in [0.2, 0.25) is 5.91 Å². The lowest BCUT2D eigenvalue weighted by atomic mass is 9.93. The first-order chi connectivity index (χ1) is 10.2. The van der Waals surface area contributed by atoms with Crippen molar-refractivity contribution in [3.8, 4) is 0 Å². The Balaban J connectivity index is 1.52. The highest BCUT2D eigenvalue weighted by Gasteiger charge is 2.44. The summed E-state index contributed by atoms with van der Waals surface area (Å²) >= 11 is 0. The standard InChI is InChI=1S/C17H22N2O2/c20-15-8-13-5-6-14(9-15)19(13)17(21)16-7-11-3-1-2-4-12(11)10-18-16/h1-4,13-16,18,20H,5-10H2/t13?,14?,15?,16-/m0/s1. The molecule has 2 bridgehead atoms. The first kappa shape index (κ1) is 13.3. The molecule has 2 saturated heterocycles. The Morgan fingerprint density at radius 3 is 2.52 bits per heavy atom. The maximum Gasteiger partial charge on any atom is 0.240 e. The molecule has 0 radical (unpaired) electrons. The van der Waals surface area contributed by atoms with Crippen molar-refractivity contribution in [2.45, 2.75) is 62.9 Å². The average Bonchev–Trinajstić information content (AvgIpc) is 2.78. The number of carbonyl (C=O) groups is 1. The Kier molecular flexibility index (Phi) is 3.23. The van der Waals surface area contributed by atoms with E-state index < -0.39 is 0 Å². The second-order valence-corrected chi connectivity index (χ2v) is 6.66. The van der Waals surface area contributed by atoms with Crippen LogP contribution in [0.2, 0.25) is 0 Å². The highest BCUT2D eigenvalue weighted by Crippen LogP contribution is 2.36. The molecule has 1 aromatic carbocycles. The molecule has 3 atom stereocenters. The van der Waals surface area contributed by atoms with Gasteiger partial charge in [-0.2, -0.15) is 0 Å². The van der Waals surface area contributed by atoms with Gasteiger partial charge in [-0.05, 0) is 43.2 Å². The topological polar surface area (TPSA) is 52.6 Å². The van der Waals surface area contributed by atoms with Gasteiger partial charge in [0.25, 0.3) is 0 Å². The molecule has 0 saturated carbocycles. The van der Waals surface area contributed by atoms with Crippen LogP contribution in [0.3, 0.4) is 0 Å². The number of aliphatic hydroxyl groups excluding tert-OH is 1. The molecule has 21 heavy (non-hydrogen) atoms. The normalized spacial score (nSPS) is 34.6. The van der Waals surface area contributed by atoms with Crippen LogP contribution in [0.5, 0.6) is 0 Å². The maximum absolute atomic E-state index is 12.9. The summed E-state index contributed by atoms with van der Waals surface area (Å²) in [6.07, 6.45) is 4.18. The Morgan fingerprint density at radius 2 is 1.81 bits per heavy atom. The summed E-state index contributed by atoms with van der Waals surface area (Å²) in [4.78, 5) is 15.0. The molecule has 1 amide bonds. The molecular formula is C17H22N2O2. The second kappa shape index (κ2) is 5.11. The third-order valence-corrected chi connectivity index (χ3v) is 5.34. The highest BCUT2D eigenvalue weighted by atomic mass is 16.3. The van der Waals surface area contributed by atoms with Crippen molar-refractivity contribution in [1.29, 1.82) is 0 Å². The van der Waals surface area contributed by atoms with Crippen molar-refractivity contribution >= 4 is 5.91 Å². The number of hydrogen-bond acceptors (Lipinski definition) is 3. The van der Waals surface area contributed by atoms with Crippen molar-refractivity contribution < 1.29 is 9.90 Å². The predicted molar refractivity (Wildman–Crippen MR) is 79.7 cm³/mol. The average molecular weight is 286 g/mol. The number of carbonyl (C=O) groups excluding carboxylic acids is 1. The van der Waals surface area contributed by atoms with Gasteiger partial charge in [0.1, 0.15) is 0 Å². The lowest BCUT2D eigenvalue weighted by Gasteiger charge is -2.40. The fraction of sp³-hybridized carbons (Fsp3) is 0.588. The van der Waals surface area contributed by atoms with Crippen molar-refractivity contribution in [3.63, 3.8) is 0 Å². The van der Waals surface area contributed by atoms with Gasteiger partial charge in [-0.1, -0.05) is 24.3 Å². The summed E-state index contributed by atoms with van der Waals surface area (Å²) in [7, 11) is 0. The van der Waals surface area contributed by atoms with Crippen LogP contribution < -0.4 is 5.32 Å². The number of nitrogens with zero attached hydrogens (tertiary/aromatic N) is 1. The first-order valence-electron chi connectivity index (χ1n) is 8.03. The number of aliphatic hydroxyl groups is 1. The van der Waals surface area contributed by atoms with Gasteiger partial charge in [0.05, 0.1) is 12.1 Å². The molecule has 3 heterocycles. The molecule has 3 aliphatic heterocycles. The number of fused-ring (bicyclic) bond motifs is 3. The molecule has 0 spiro atoms. The Hall–Kier alpha value is -1.39. The predicted octanol–water partition coefficient (Wildman–Crippen LogP) is 1.22. The van der Waals surface area contributed by atoms with E-state index in [1.165, 1.54) is 11.1 Å². The van der Waals surface area contributed by atoms with Crippen molar-refractivity contribution in [3.05, 3.63) is 35.4 Å². The highest BCUT2D eigenvalue weighted by molar-refractivity contribution is 5.83. The summed E-state index contributed by atoms with van der Waals surface area (Å²) in [5, 5.41) is 13.3. The third-order valence-electron chi connectivity index (χ3n) is 5.34. The quantitative estimate of drug-likeness (QED) is 0.816. The largest absolute Gasteiger partial charge is 0.393 e. The third kappa shape index (κ3) is 2.27. The van der Waals surface area contributed by atoms with Gasteiger partial charge in [-0.15, -0.1) is 0 Å². The smallest absolute Gasteiger partial charge is 0.240 e. The molecule has 2 unspecified atom stereocenters. The second-order valence-electron chi connectivity index (χ2n) is 6.66. The van der Waals surface area contributed by atoms with E-state index in [9.17, 15) is 9.90 Å². The summed E-state index contributed by atoms with van der Waals surface area (Å²) in [5.41, 5.74) is 2.59. The molecule has 4 rings (SSSR count). The van der Waals surface area contributed by atoms with Crippen LogP contribution in [0.4, 0.5) is 0 Å². The van der Waals surface area contributed by atoms with E-state index in [1.807, 2.05) is 6.07 Å². The van der Waals surface area contributed by atoms with E-state index in [-0.39, 0.29) is 30.1 Å². The zero-order valence-corrected chi connectivity index (χ0v) is 12.2. The number of benzene rings is 1. The lowest BCUT2D eigenvalue weighted by molar-refractivity contribution is -0.139. The maximum atomic E-state index is 12.9. The van der Waals surface area contributed by atoms with Crippen LogP contribution in [0.25, 0.3) is 0 Å². The summed E-state index contributed by atoms with van der Waals surface area (Å²) in [5.74, 6) is 0.240. The van der Waals surface area contributed by atoms with Crippen molar-refractivity contribution in [2.75, 3.05) is 0 Å². The number of hydrogen-bond donors (Lipinski definition) is 2.